The second kappa shape index (κ2) is 19.3. The average Bonchev–Trinajstić information content (AvgIpc) is 2.62. The molecule has 0 heterocycles. The van der Waals surface area contributed by atoms with Crippen molar-refractivity contribution in [2.24, 2.45) is 0 Å². The third-order valence-corrected chi connectivity index (χ3v) is 2.97. The Morgan fingerprint density at radius 1 is 0.679 bits per heavy atom. The summed E-state index contributed by atoms with van der Waals surface area (Å²) in [5, 5.41) is 0. The molecule has 0 aliphatic carbocycles. The van der Waals surface area contributed by atoms with E-state index in [1.165, 1.54) is 0 Å². The summed E-state index contributed by atoms with van der Waals surface area (Å²) in [5.41, 5.74) is -0.459. The monoisotopic (exact) mass is 406 g/mol. The zero-order valence-corrected chi connectivity index (χ0v) is 17.7. The Morgan fingerprint density at radius 2 is 1.04 bits per heavy atom. The summed E-state index contributed by atoms with van der Waals surface area (Å²) in [6, 6.07) is 0. The number of hydrogen-bond acceptors (Lipinski definition) is 8. The smallest absolute Gasteiger partial charge is 0.308 e. The maximum Gasteiger partial charge on any atom is 0.308 e. The molecule has 0 unspecified atom stereocenters. The molecule has 0 aliphatic heterocycles. The fourth-order valence-corrected chi connectivity index (χ4v) is 1.81. The summed E-state index contributed by atoms with van der Waals surface area (Å²) in [4.78, 5) is 11.5. The number of ether oxygens (including phenoxy) is 7. The van der Waals surface area contributed by atoms with Crippen molar-refractivity contribution in [3.8, 4) is 0 Å². The number of esters is 1. The Kier molecular flexibility index (Phi) is 18.6. The third-order valence-electron chi connectivity index (χ3n) is 2.97. The first-order chi connectivity index (χ1) is 13.5. The zero-order chi connectivity index (χ0) is 20.9. The molecular formula is C20H38O8. The average molecular weight is 407 g/mol. The molecule has 0 amide bonds. The highest BCUT2D eigenvalue weighted by Gasteiger charge is 2.15. The molecule has 0 aromatic heterocycles. The Balaban J connectivity index is 3.12. The molecule has 0 radical (unpaired) electrons. The van der Waals surface area contributed by atoms with Crippen LogP contribution in [-0.2, 0) is 38.0 Å². The van der Waals surface area contributed by atoms with E-state index in [0.717, 1.165) is 0 Å². The Labute approximate surface area is 169 Å². The standard InChI is InChI=1S/C20H38O8/c1-5-7-22-9-11-24-13-15-26-17-18-27-16-14-25-12-10-23-8-6-19(21)28-20(2,3)4/h5H,1,6-18H2,2-4H3. The lowest BCUT2D eigenvalue weighted by atomic mass is 10.2. The highest BCUT2D eigenvalue weighted by molar-refractivity contribution is 5.69. The van der Waals surface area contributed by atoms with Crippen LogP contribution in [0.15, 0.2) is 12.7 Å². The van der Waals surface area contributed by atoms with Crippen molar-refractivity contribution in [2.45, 2.75) is 32.8 Å². The van der Waals surface area contributed by atoms with E-state index >= 15 is 0 Å². The van der Waals surface area contributed by atoms with Crippen molar-refractivity contribution >= 4 is 5.97 Å². The van der Waals surface area contributed by atoms with Gasteiger partial charge in [0.25, 0.3) is 0 Å². The van der Waals surface area contributed by atoms with Gasteiger partial charge in [0.2, 0.25) is 0 Å². The quantitative estimate of drug-likeness (QED) is 0.173. The van der Waals surface area contributed by atoms with Gasteiger partial charge in [-0.3, -0.25) is 4.79 Å². The first-order valence-electron chi connectivity index (χ1n) is 9.75. The van der Waals surface area contributed by atoms with Gasteiger partial charge in [-0.15, -0.1) is 6.58 Å². The number of carbonyl (C=O) groups excluding carboxylic acids is 1. The maximum atomic E-state index is 11.5. The number of rotatable bonds is 20. The van der Waals surface area contributed by atoms with Gasteiger partial charge < -0.3 is 33.2 Å². The predicted molar refractivity (Wildman–Crippen MR) is 106 cm³/mol. The minimum absolute atomic E-state index is 0.245. The van der Waals surface area contributed by atoms with Crippen LogP contribution in [0.2, 0.25) is 0 Å². The van der Waals surface area contributed by atoms with Gasteiger partial charge in [0, 0.05) is 0 Å². The molecule has 0 rings (SSSR count). The van der Waals surface area contributed by atoms with Crippen LogP contribution in [0.25, 0.3) is 0 Å². The van der Waals surface area contributed by atoms with Crippen LogP contribution in [0.1, 0.15) is 27.2 Å². The fraction of sp³-hybridized carbons (Fsp3) is 0.850. The maximum absolute atomic E-state index is 11.5. The van der Waals surface area contributed by atoms with Crippen LogP contribution in [0.3, 0.4) is 0 Å². The fourth-order valence-electron chi connectivity index (χ4n) is 1.81. The highest BCUT2D eigenvalue weighted by Crippen LogP contribution is 2.07. The van der Waals surface area contributed by atoms with E-state index in [2.05, 4.69) is 6.58 Å². The van der Waals surface area contributed by atoms with Gasteiger partial charge in [0.15, 0.2) is 0 Å². The molecule has 0 saturated carbocycles. The van der Waals surface area contributed by atoms with E-state index in [1.54, 1.807) is 6.08 Å². The van der Waals surface area contributed by atoms with Gasteiger partial charge in [-0.2, -0.15) is 0 Å². The van der Waals surface area contributed by atoms with Gasteiger partial charge in [0.1, 0.15) is 5.60 Å². The normalized spacial score (nSPS) is 11.5. The molecule has 0 saturated heterocycles. The molecule has 28 heavy (non-hydrogen) atoms. The number of carbonyl (C=O) groups is 1. The lowest BCUT2D eigenvalue weighted by molar-refractivity contribution is -0.156. The molecule has 0 aromatic carbocycles. The van der Waals surface area contributed by atoms with E-state index in [9.17, 15) is 4.79 Å². The molecule has 8 heteroatoms. The van der Waals surface area contributed by atoms with Crippen molar-refractivity contribution in [3.05, 3.63) is 12.7 Å². The molecule has 0 aliphatic rings. The van der Waals surface area contributed by atoms with Crippen molar-refractivity contribution in [3.63, 3.8) is 0 Å². The van der Waals surface area contributed by atoms with E-state index in [0.29, 0.717) is 79.3 Å². The van der Waals surface area contributed by atoms with Gasteiger partial charge in [-0.1, -0.05) is 6.08 Å². The summed E-state index contributed by atoms with van der Waals surface area (Å²) in [6.45, 7) is 15.0. The van der Waals surface area contributed by atoms with Crippen LogP contribution < -0.4 is 0 Å². The molecule has 0 bridgehead atoms. The van der Waals surface area contributed by atoms with E-state index < -0.39 is 5.60 Å². The van der Waals surface area contributed by atoms with Gasteiger partial charge >= 0.3 is 5.97 Å². The topological polar surface area (TPSA) is 81.7 Å². The summed E-state index contributed by atoms with van der Waals surface area (Å²) >= 11 is 0. The summed E-state index contributed by atoms with van der Waals surface area (Å²) in [7, 11) is 0. The lowest BCUT2D eigenvalue weighted by Crippen LogP contribution is -2.24. The molecule has 0 atom stereocenters. The van der Waals surface area contributed by atoms with Crippen molar-refractivity contribution in [1.82, 2.24) is 0 Å². The second-order valence-corrected chi connectivity index (χ2v) is 6.76. The SMILES string of the molecule is C=CCOCCOCCOCCOCCOCCOCCC(=O)OC(C)(C)C. The molecule has 8 nitrogen and oxygen atoms in total. The van der Waals surface area contributed by atoms with E-state index in [1.807, 2.05) is 20.8 Å². The Bertz CT molecular complexity index is 368. The second-order valence-electron chi connectivity index (χ2n) is 6.76. The van der Waals surface area contributed by atoms with Crippen LogP contribution in [-0.4, -0.2) is 90.9 Å². The summed E-state index contributed by atoms with van der Waals surface area (Å²) < 4.78 is 37.2. The first kappa shape index (κ1) is 27.0. The predicted octanol–water partition coefficient (Wildman–Crippen LogP) is 2.00. The minimum Gasteiger partial charge on any atom is -0.460 e. The zero-order valence-electron chi connectivity index (χ0n) is 17.7. The van der Waals surface area contributed by atoms with E-state index in [-0.39, 0.29) is 12.4 Å². The van der Waals surface area contributed by atoms with Gasteiger partial charge in [-0.05, 0) is 20.8 Å². The first-order valence-corrected chi connectivity index (χ1v) is 9.75. The molecule has 0 aromatic rings. The van der Waals surface area contributed by atoms with Crippen LogP contribution in [0, 0.1) is 0 Å². The van der Waals surface area contributed by atoms with Crippen molar-refractivity contribution in [1.29, 1.82) is 0 Å². The van der Waals surface area contributed by atoms with E-state index in [4.69, 9.17) is 33.2 Å². The van der Waals surface area contributed by atoms with Gasteiger partial charge in [-0.25, -0.2) is 0 Å². The third kappa shape index (κ3) is 23.0. The molecule has 166 valence electrons. The van der Waals surface area contributed by atoms with Crippen molar-refractivity contribution in [2.75, 3.05) is 79.3 Å². The summed E-state index contributed by atoms with van der Waals surface area (Å²) in [5.74, 6) is -0.256. The van der Waals surface area contributed by atoms with Crippen LogP contribution in [0.5, 0.6) is 0 Å². The largest absolute Gasteiger partial charge is 0.460 e. The molecule has 0 N–H and O–H groups in total. The minimum atomic E-state index is -0.459. The Morgan fingerprint density at radius 3 is 1.39 bits per heavy atom. The highest BCUT2D eigenvalue weighted by atomic mass is 16.6. The van der Waals surface area contributed by atoms with Crippen LogP contribution >= 0.6 is 0 Å². The molecule has 0 spiro atoms. The number of hydrogen-bond donors (Lipinski definition) is 0. The summed E-state index contributed by atoms with van der Waals surface area (Å²) in [6.07, 6.45) is 1.95. The van der Waals surface area contributed by atoms with Crippen molar-refractivity contribution < 1.29 is 38.0 Å². The Hall–Kier alpha value is -1.03. The molecular weight excluding hydrogens is 368 g/mol. The lowest BCUT2D eigenvalue weighted by Gasteiger charge is -2.19. The molecule has 0 fully saturated rings. The van der Waals surface area contributed by atoms with Gasteiger partial charge in [0.05, 0.1) is 85.7 Å². The van der Waals surface area contributed by atoms with Crippen LogP contribution in [0.4, 0.5) is 0 Å².